The van der Waals surface area contributed by atoms with Gasteiger partial charge in [-0.1, -0.05) is 12.8 Å². The summed E-state index contributed by atoms with van der Waals surface area (Å²) in [7, 11) is 0. The summed E-state index contributed by atoms with van der Waals surface area (Å²) < 4.78 is 55.5. The molecule has 1 aromatic rings. The Morgan fingerprint density at radius 1 is 1.21 bits per heavy atom. The molecule has 1 aliphatic heterocycles. The molecule has 2 aliphatic rings. The van der Waals surface area contributed by atoms with E-state index >= 15 is 0 Å². The molecule has 1 atom stereocenters. The van der Waals surface area contributed by atoms with E-state index < -0.39 is 12.2 Å². The number of ether oxygens (including phenoxy) is 1. The normalized spacial score (nSPS) is 20.3. The number of alkyl halides is 3. The third kappa shape index (κ3) is 5.22. The van der Waals surface area contributed by atoms with Gasteiger partial charge in [-0.05, 0) is 30.5 Å². The number of rotatable bonds is 5. The number of nitrogens with one attached hydrogen (secondary N) is 1. The molecule has 3 nitrogen and oxygen atoms in total. The molecule has 0 bridgehead atoms. The van der Waals surface area contributed by atoms with Crippen LogP contribution in [0, 0.1) is 11.7 Å². The summed E-state index contributed by atoms with van der Waals surface area (Å²) in [5.41, 5.74) is 0.306. The molecule has 1 saturated carbocycles. The van der Waals surface area contributed by atoms with Gasteiger partial charge in [-0.3, -0.25) is 4.90 Å². The Morgan fingerprint density at radius 2 is 1.88 bits per heavy atom. The van der Waals surface area contributed by atoms with Crippen LogP contribution in [0.3, 0.4) is 0 Å². The number of halogens is 5. The SMILES string of the molecule is Cl.Fc1ccc(OC(F)(F)F)cc1[C@H](CC1CC1)N1CCNCC1. The van der Waals surface area contributed by atoms with Crippen molar-refractivity contribution in [3.05, 3.63) is 29.6 Å². The molecule has 2 fully saturated rings. The van der Waals surface area contributed by atoms with Gasteiger partial charge in [0.25, 0.3) is 0 Å². The van der Waals surface area contributed by atoms with Gasteiger partial charge in [0.05, 0.1) is 0 Å². The first-order valence-electron chi connectivity index (χ1n) is 7.92. The highest BCUT2D eigenvalue weighted by Gasteiger charge is 2.34. The molecule has 0 unspecified atom stereocenters. The van der Waals surface area contributed by atoms with Gasteiger partial charge in [-0.15, -0.1) is 25.6 Å². The van der Waals surface area contributed by atoms with Crippen molar-refractivity contribution >= 4 is 12.4 Å². The predicted molar refractivity (Wildman–Crippen MR) is 84.9 cm³/mol. The highest BCUT2D eigenvalue weighted by atomic mass is 35.5. The molecule has 3 rings (SSSR count). The maximum Gasteiger partial charge on any atom is 0.573 e. The third-order valence-corrected chi connectivity index (χ3v) is 4.41. The summed E-state index contributed by atoms with van der Waals surface area (Å²) >= 11 is 0. The van der Waals surface area contributed by atoms with E-state index in [1.807, 2.05) is 0 Å². The first kappa shape index (κ1) is 19.3. The molecule has 24 heavy (non-hydrogen) atoms. The van der Waals surface area contributed by atoms with Crippen LogP contribution in [-0.4, -0.2) is 37.4 Å². The maximum absolute atomic E-state index is 14.3. The molecule has 1 aromatic carbocycles. The Labute approximate surface area is 144 Å². The molecular weight excluding hydrogens is 348 g/mol. The van der Waals surface area contributed by atoms with Crippen molar-refractivity contribution in [2.24, 2.45) is 5.92 Å². The van der Waals surface area contributed by atoms with Crippen LogP contribution in [0.1, 0.15) is 30.9 Å². The molecule has 0 amide bonds. The van der Waals surface area contributed by atoms with E-state index in [1.54, 1.807) is 0 Å². The number of nitrogens with zero attached hydrogens (tertiary/aromatic N) is 1. The van der Waals surface area contributed by atoms with Gasteiger partial charge < -0.3 is 10.1 Å². The monoisotopic (exact) mass is 368 g/mol. The fourth-order valence-electron chi connectivity index (χ4n) is 3.11. The standard InChI is InChI=1S/C16H20F4N2O.ClH/c17-14-4-3-12(23-16(18,19)20)10-13(14)15(9-11-1-2-11)22-7-5-21-6-8-22;/h3-4,10-11,15,21H,1-2,5-9H2;1H/t15-;/m0./s1. The van der Waals surface area contributed by atoms with Crippen LogP contribution < -0.4 is 10.1 Å². The Morgan fingerprint density at radius 3 is 2.46 bits per heavy atom. The zero-order valence-corrected chi connectivity index (χ0v) is 13.9. The van der Waals surface area contributed by atoms with E-state index in [0.717, 1.165) is 57.6 Å². The van der Waals surface area contributed by atoms with Crippen molar-refractivity contribution in [3.63, 3.8) is 0 Å². The lowest BCUT2D eigenvalue weighted by atomic mass is 9.98. The van der Waals surface area contributed by atoms with Crippen molar-refractivity contribution < 1.29 is 22.3 Å². The minimum absolute atomic E-state index is 0. The second-order valence-electron chi connectivity index (χ2n) is 6.21. The minimum atomic E-state index is -4.77. The first-order chi connectivity index (χ1) is 10.9. The van der Waals surface area contributed by atoms with Crippen LogP contribution in [0.5, 0.6) is 5.75 Å². The Bertz CT molecular complexity index is 545. The van der Waals surface area contributed by atoms with E-state index in [0.29, 0.717) is 11.5 Å². The van der Waals surface area contributed by atoms with Crippen LogP contribution in [0.25, 0.3) is 0 Å². The minimum Gasteiger partial charge on any atom is -0.406 e. The van der Waals surface area contributed by atoms with Gasteiger partial charge in [0.1, 0.15) is 11.6 Å². The lowest BCUT2D eigenvalue weighted by Crippen LogP contribution is -2.45. The molecule has 8 heteroatoms. The molecule has 0 radical (unpaired) electrons. The van der Waals surface area contributed by atoms with Crippen molar-refractivity contribution in [2.45, 2.75) is 31.7 Å². The second kappa shape index (κ2) is 7.89. The maximum atomic E-state index is 14.3. The lowest BCUT2D eigenvalue weighted by molar-refractivity contribution is -0.274. The molecule has 1 saturated heterocycles. The van der Waals surface area contributed by atoms with Gasteiger partial charge in [-0.2, -0.15) is 0 Å². The predicted octanol–water partition coefficient (Wildman–Crippen LogP) is 3.89. The summed E-state index contributed by atoms with van der Waals surface area (Å²) in [5, 5.41) is 3.24. The molecule has 0 spiro atoms. The second-order valence-corrected chi connectivity index (χ2v) is 6.21. The summed E-state index contributed by atoms with van der Waals surface area (Å²) in [4.78, 5) is 2.16. The van der Waals surface area contributed by atoms with Crippen molar-refractivity contribution in [2.75, 3.05) is 26.2 Å². The van der Waals surface area contributed by atoms with Crippen LogP contribution in [-0.2, 0) is 0 Å². The zero-order valence-electron chi connectivity index (χ0n) is 13.1. The highest BCUT2D eigenvalue weighted by molar-refractivity contribution is 5.85. The van der Waals surface area contributed by atoms with Crippen LogP contribution in [0.4, 0.5) is 17.6 Å². The fourth-order valence-corrected chi connectivity index (χ4v) is 3.11. The largest absolute Gasteiger partial charge is 0.573 e. The topological polar surface area (TPSA) is 24.5 Å². The average Bonchev–Trinajstić information content (AvgIpc) is 3.31. The average molecular weight is 369 g/mol. The zero-order chi connectivity index (χ0) is 16.4. The molecule has 136 valence electrons. The third-order valence-electron chi connectivity index (χ3n) is 4.41. The molecule has 0 aromatic heterocycles. The smallest absolute Gasteiger partial charge is 0.406 e. The summed E-state index contributed by atoms with van der Waals surface area (Å²) in [6.45, 7) is 3.14. The molecule has 1 N–H and O–H groups in total. The number of piperazine rings is 1. The Hall–Kier alpha value is -1.05. The van der Waals surface area contributed by atoms with Gasteiger partial charge in [0, 0.05) is 37.8 Å². The van der Waals surface area contributed by atoms with Crippen molar-refractivity contribution in [1.82, 2.24) is 10.2 Å². The quantitative estimate of drug-likeness (QED) is 0.798. The van der Waals surface area contributed by atoms with Gasteiger partial charge in [-0.25, -0.2) is 4.39 Å². The van der Waals surface area contributed by atoms with E-state index in [2.05, 4.69) is 15.0 Å². The number of benzene rings is 1. The fraction of sp³-hybridized carbons (Fsp3) is 0.625. The van der Waals surface area contributed by atoms with E-state index in [9.17, 15) is 17.6 Å². The van der Waals surface area contributed by atoms with Crippen molar-refractivity contribution in [1.29, 1.82) is 0 Å². The first-order valence-corrected chi connectivity index (χ1v) is 7.92. The van der Waals surface area contributed by atoms with Crippen LogP contribution in [0.15, 0.2) is 18.2 Å². The van der Waals surface area contributed by atoms with Gasteiger partial charge in [0.2, 0.25) is 0 Å². The Kier molecular flexibility index (Phi) is 6.33. The lowest BCUT2D eigenvalue weighted by Gasteiger charge is -2.35. The van der Waals surface area contributed by atoms with Crippen molar-refractivity contribution in [3.8, 4) is 5.75 Å². The highest BCUT2D eigenvalue weighted by Crippen LogP contribution is 2.41. The summed E-state index contributed by atoms with van der Waals surface area (Å²) in [6.07, 6.45) is -1.76. The van der Waals surface area contributed by atoms with Crippen LogP contribution in [0.2, 0.25) is 0 Å². The summed E-state index contributed by atoms with van der Waals surface area (Å²) in [5.74, 6) is -0.282. The van der Waals surface area contributed by atoms with Crippen LogP contribution >= 0.6 is 12.4 Å². The summed E-state index contributed by atoms with van der Waals surface area (Å²) in [6, 6.07) is 3.11. The van der Waals surface area contributed by atoms with E-state index in [-0.39, 0.29) is 24.2 Å². The Balaban J connectivity index is 0.00000208. The molecular formula is C16H21ClF4N2O. The van der Waals surface area contributed by atoms with Gasteiger partial charge in [0.15, 0.2) is 0 Å². The number of hydrogen-bond donors (Lipinski definition) is 1. The number of hydrogen-bond acceptors (Lipinski definition) is 3. The van der Waals surface area contributed by atoms with E-state index in [1.165, 1.54) is 6.07 Å². The van der Waals surface area contributed by atoms with E-state index in [4.69, 9.17) is 0 Å². The molecule has 1 heterocycles. The molecule has 1 aliphatic carbocycles. The van der Waals surface area contributed by atoms with Gasteiger partial charge >= 0.3 is 6.36 Å².